The Morgan fingerprint density at radius 2 is 2.50 bits per heavy atom. The van der Waals surface area contributed by atoms with Gasteiger partial charge in [-0.2, -0.15) is 5.26 Å². The molecular formula is C13H14N2O3. The number of benzene rings is 1. The van der Waals surface area contributed by atoms with Crippen LogP contribution in [0.5, 0.6) is 0 Å². The number of carbonyl (C=O) groups is 1. The van der Waals surface area contributed by atoms with Crippen LogP contribution in [0, 0.1) is 11.3 Å². The van der Waals surface area contributed by atoms with Gasteiger partial charge in [-0.05, 0) is 24.6 Å². The van der Waals surface area contributed by atoms with Crippen molar-refractivity contribution in [3.8, 4) is 6.07 Å². The lowest BCUT2D eigenvalue weighted by Gasteiger charge is -2.10. The molecule has 1 aliphatic heterocycles. The third-order valence-corrected chi connectivity index (χ3v) is 2.61. The Morgan fingerprint density at radius 1 is 1.61 bits per heavy atom. The number of ether oxygens (including phenoxy) is 2. The number of carbonyl (C=O) groups excluding carboxylic acids is 1. The zero-order valence-corrected chi connectivity index (χ0v) is 9.89. The molecule has 0 saturated carbocycles. The van der Waals surface area contributed by atoms with E-state index >= 15 is 0 Å². The van der Waals surface area contributed by atoms with Crippen LogP contribution in [0.2, 0.25) is 0 Å². The maximum atomic E-state index is 11.6. The Kier molecular flexibility index (Phi) is 4.29. The highest BCUT2D eigenvalue weighted by molar-refractivity contribution is 5.91. The van der Waals surface area contributed by atoms with Gasteiger partial charge in [0.05, 0.1) is 24.3 Å². The minimum absolute atomic E-state index is 0.00477. The van der Waals surface area contributed by atoms with Crippen molar-refractivity contribution >= 4 is 11.6 Å². The van der Waals surface area contributed by atoms with Gasteiger partial charge < -0.3 is 14.8 Å². The molecule has 1 fully saturated rings. The SMILES string of the molecule is N#Cc1cccc(NC(=O)COC2CCOC2)c1. The number of anilines is 1. The van der Waals surface area contributed by atoms with Crippen molar-refractivity contribution < 1.29 is 14.3 Å². The van der Waals surface area contributed by atoms with Crippen molar-refractivity contribution in [2.24, 2.45) is 0 Å². The van der Waals surface area contributed by atoms with Gasteiger partial charge >= 0.3 is 0 Å². The summed E-state index contributed by atoms with van der Waals surface area (Å²) in [5.74, 6) is -0.225. The smallest absolute Gasteiger partial charge is 0.250 e. The lowest BCUT2D eigenvalue weighted by molar-refractivity contribution is -0.122. The van der Waals surface area contributed by atoms with Crippen LogP contribution in [0.15, 0.2) is 24.3 Å². The summed E-state index contributed by atoms with van der Waals surface area (Å²) in [6.45, 7) is 1.25. The highest BCUT2D eigenvalue weighted by Gasteiger charge is 2.17. The van der Waals surface area contributed by atoms with Crippen LogP contribution in [0.25, 0.3) is 0 Å². The summed E-state index contributed by atoms with van der Waals surface area (Å²) in [6, 6.07) is 8.78. The van der Waals surface area contributed by atoms with Gasteiger partial charge in [0.25, 0.3) is 0 Å². The summed E-state index contributed by atoms with van der Waals surface area (Å²) in [6.07, 6.45) is 0.846. The largest absolute Gasteiger partial charge is 0.379 e. The maximum absolute atomic E-state index is 11.6. The first-order chi connectivity index (χ1) is 8.78. The molecule has 1 amide bonds. The molecule has 1 aliphatic rings. The molecule has 0 aliphatic carbocycles. The van der Waals surface area contributed by atoms with Gasteiger partial charge in [-0.1, -0.05) is 6.07 Å². The summed E-state index contributed by atoms with van der Waals surface area (Å²) in [4.78, 5) is 11.6. The lowest BCUT2D eigenvalue weighted by atomic mass is 10.2. The maximum Gasteiger partial charge on any atom is 0.250 e. The topological polar surface area (TPSA) is 71.4 Å². The lowest BCUT2D eigenvalue weighted by Crippen LogP contribution is -2.23. The minimum atomic E-state index is -0.225. The van der Waals surface area contributed by atoms with Crippen LogP contribution in [-0.4, -0.2) is 31.8 Å². The first kappa shape index (κ1) is 12.6. The molecule has 1 aromatic rings. The fourth-order valence-electron chi connectivity index (χ4n) is 1.70. The van der Waals surface area contributed by atoms with Crippen LogP contribution in [0.4, 0.5) is 5.69 Å². The van der Waals surface area contributed by atoms with E-state index in [0.29, 0.717) is 24.5 Å². The predicted molar refractivity (Wildman–Crippen MR) is 65.0 cm³/mol. The molecule has 94 valence electrons. The molecule has 1 N–H and O–H groups in total. The van der Waals surface area contributed by atoms with Crippen molar-refractivity contribution in [2.75, 3.05) is 25.1 Å². The first-order valence-corrected chi connectivity index (χ1v) is 5.77. The summed E-state index contributed by atoms with van der Waals surface area (Å²) < 4.78 is 10.5. The Balaban J connectivity index is 1.81. The second-order valence-electron chi connectivity index (χ2n) is 4.04. The van der Waals surface area contributed by atoms with Crippen LogP contribution >= 0.6 is 0 Å². The van der Waals surface area contributed by atoms with E-state index in [9.17, 15) is 4.79 Å². The minimum Gasteiger partial charge on any atom is -0.379 e. The van der Waals surface area contributed by atoms with Crippen LogP contribution in [0.1, 0.15) is 12.0 Å². The fraction of sp³-hybridized carbons (Fsp3) is 0.385. The highest BCUT2D eigenvalue weighted by Crippen LogP contribution is 2.11. The van der Waals surface area contributed by atoms with Crippen molar-refractivity contribution in [1.82, 2.24) is 0 Å². The van der Waals surface area contributed by atoms with E-state index in [1.54, 1.807) is 24.3 Å². The number of hydrogen-bond acceptors (Lipinski definition) is 4. The Hall–Kier alpha value is -1.90. The number of nitrogens with one attached hydrogen (secondary N) is 1. The van der Waals surface area contributed by atoms with Gasteiger partial charge in [0.1, 0.15) is 6.61 Å². The predicted octanol–water partition coefficient (Wildman–Crippen LogP) is 1.30. The van der Waals surface area contributed by atoms with E-state index in [1.807, 2.05) is 6.07 Å². The number of amides is 1. The first-order valence-electron chi connectivity index (χ1n) is 5.77. The molecule has 0 spiro atoms. The van der Waals surface area contributed by atoms with E-state index in [-0.39, 0.29) is 18.6 Å². The zero-order chi connectivity index (χ0) is 12.8. The number of nitrogens with zero attached hydrogens (tertiary/aromatic N) is 1. The molecule has 1 atom stereocenters. The van der Waals surface area contributed by atoms with E-state index in [2.05, 4.69) is 5.32 Å². The van der Waals surface area contributed by atoms with E-state index in [4.69, 9.17) is 14.7 Å². The van der Waals surface area contributed by atoms with Crippen LogP contribution in [0.3, 0.4) is 0 Å². The third-order valence-electron chi connectivity index (χ3n) is 2.61. The van der Waals surface area contributed by atoms with Gasteiger partial charge in [0.15, 0.2) is 0 Å². The molecule has 0 radical (unpaired) electrons. The normalized spacial score (nSPS) is 18.3. The average Bonchev–Trinajstić information content (AvgIpc) is 2.90. The number of hydrogen-bond donors (Lipinski definition) is 1. The molecule has 1 saturated heterocycles. The van der Waals surface area contributed by atoms with Crippen molar-refractivity contribution in [1.29, 1.82) is 5.26 Å². The van der Waals surface area contributed by atoms with E-state index in [1.165, 1.54) is 0 Å². The number of rotatable bonds is 4. The summed E-state index contributed by atoms with van der Waals surface area (Å²) in [7, 11) is 0. The second kappa shape index (κ2) is 6.15. The number of nitriles is 1. The molecule has 2 rings (SSSR count). The average molecular weight is 246 g/mol. The van der Waals surface area contributed by atoms with Crippen LogP contribution < -0.4 is 5.32 Å². The summed E-state index contributed by atoms with van der Waals surface area (Å²) in [5, 5.41) is 11.4. The standard InChI is InChI=1S/C13H14N2O3/c14-7-10-2-1-3-11(6-10)15-13(16)9-18-12-4-5-17-8-12/h1-3,6,12H,4-5,8-9H2,(H,15,16). The summed E-state index contributed by atoms with van der Waals surface area (Å²) in [5.41, 5.74) is 1.11. The van der Waals surface area contributed by atoms with Crippen molar-refractivity contribution in [2.45, 2.75) is 12.5 Å². The molecule has 1 unspecified atom stereocenters. The molecule has 5 nitrogen and oxygen atoms in total. The Labute approximate surface area is 105 Å². The van der Waals surface area contributed by atoms with Gasteiger partial charge in [-0.25, -0.2) is 0 Å². The molecule has 5 heteroatoms. The molecular weight excluding hydrogens is 232 g/mol. The molecule has 0 aromatic heterocycles. The van der Waals surface area contributed by atoms with Crippen LogP contribution in [-0.2, 0) is 14.3 Å². The second-order valence-corrected chi connectivity index (χ2v) is 4.04. The molecule has 18 heavy (non-hydrogen) atoms. The molecule has 1 aromatic carbocycles. The monoisotopic (exact) mass is 246 g/mol. The fourth-order valence-corrected chi connectivity index (χ4v) is 1.70. The summed E-state index contributed by atoms with van der Waals surface area (Å²) >= 11 is 0. The molecule has 0 bridgehead atoms. The van der Waals surface area contributed by atoms with E-state index < -0.39 is 0 Å². The van der Waals surface area contributed by atoms with Crippen molar-refractivity contribution in [3.05, 3.63) is 29.8 Å². The highest BCUT2D eigenvalue weighted by atomic mass is 16.5. The molecule has 1 heterocycles. The quantitative estimate of drug-likeness (QED) is 0.869. The Morgan fingerprint density at radius 3 is 3.22 bits per heavy atom. The van der Waals surface area contributed by atoms with Crippen molar-refractivity contribution in [3.63, 3.8) is 0 Å². The van der Waals surface area contributed by atoms with E-state index in [0.717, 1.165) is 6.42 Å². The Bertz CT molecular complexity index is 462. The van der Waals surface area contributed by atoms with Gasteiger partial charge in [0, 0.05) is 12.3 Å². The van der Waals surface area contributed by atoms with Gasteiger partial charge in [0.2, 0.25) is 5.91 Å². The third kappa shape index (κ3) is 3.55. The van der Waals surface area contributed by atoms with Gasteiger partial charge in [-0.15, -0.1) is 0 Å². The zero-order valence-electron chi connectivity index (χ0n) is 9.89. The van der Waals surface area contributed by atoms with Gasteiger partial charge in [-0.3, -0.25) is 4.79 Å².